The number of hydrogen-bond donors (Lipinski definition) is 0. The van der Waals surface area contributed by atoms with Crippen LogP contribution in [0.4, 0.5) is 0 Å². The molecule has 0 aliphatic heterocycles. The summed E-state index contributed by atoms with van der Waals surface area (Å²) in [6.07, 6.45) is 0. The van der Waals surface area contributed by atoms with Gasteiger partial charge in [-0.25, -0.2) is 0 Å². The van der Waals surface area contributed by atoms with Gasteiger partial charge in [0.15, 0.2) is 0 Å². The molecule has 0 aliphatic rings. The Bertz CT molecular complexity index is 369. The van der Waals surface area contributed by atoms with Crippen LogP contribution in [0.15, 0.2) is 24.3 Å². The molecule has 17 heavy (non-hydrogen) atoms. The van der Waals surface area contributed by atoms with Crippen molar-refractivity contribution in [2.24, 2.45) is 0 Å². The smallest absolute Gasteiger partial charge is 0.253 e. The highest BCUT2D eigenvalue weighted by atomic mass is 16.2. The second kappa shape index (κ2) is 5.35. The number of carbonyl (C=O) groups excluding carboxylic acids is 1. The van der Waals surface area contributed by atoms with Gasteiger partial charge in [-0.3, -0.25) is 4.79 Å². The molecule has 94 valence electrons. The average Bonchev–Trinajstić information content (AvgIpc) is 2.29. The maximum absolute atomic E-state index is 12.1. The zero-order chi connectivity index (χ0) is 13.1. The van der Waals surface area contributed by atoms with Crippen LogP contribution in [0.2, 0.25) is 0 Å². The lowest BCUT2D eigenvalue weighted by molar-refractivity contribution is 0.0773. The van der Waals surface area contributed by atoms with Gasteiger partial charge in [0.05, 0.1) is 0 Å². The summed E-state index contributed by atoms with van der Waals surface area (Å²) in [5.41, 5.74) is 2.17. The Balaban J connectivity index is 2.91. The van der Waals surface area contributed by atoms with Crippen LogP contribution in [-0.2, 0) is 5.41 Å². The van der Waals surface area contributed by atoms with Gasteiger partial charge in [0, 0.05) is 18.7 Å². The van der Waals surface area contributed by atoms with Gasteiger partial charge in [0.25, 0.3) is 5.91 Å². The lowest BCUT2D eigenvalue weighted by Crippen LogP contribution is -2.30. The summed E-state index contributed by atoms with van der Waals surface area (Å²) in [6, 6.07) is 7.97. The molecule has 0 saturated heterocycles. The van der Waals surface area contributed by atoms with Gasteiger partial charge in [-0.05, 0) is 37.0 Å². The second-order valence-corrected chi connectivity index (χ2v) is 5.30. The van der Waals surface area contributed by atoms with E-state index in [9.17, 15) is 4.79 Å². The summed E-state index contributed by atoms with van der Waals surface area (Å²) < 4.78 is 0. The molecule has 0 unspecified atom stereocenters. The van der Waals surface area contributed by atoms with E-state index in [0.717, 1.165) is 18.7 Å². The van der Waals surface area contributed by atoms with Crippen LogP contribution in [0.5, 0.6) is 0 Å². The number of carbonyl (C=O) groups is 1. The summed E-state index contributed by atoms with van der Waals surface area (Å²) in [7, 11) is 0. The molecule has 1 aromatic carbocycles. The van der Waals surface area contributed by atoms with E-state index < -0.39 is 0 Å². The SMILES string of the molecule is CCN(CC)C(=O)c1ccc(C(C)(C)C)cc1. The maximum atomic E-state index is 12.1. The Hall–Kier alpha value is -1.31. The van der Waals surface area contributed by atoms with Crippen molar-refractivity contribution in [1.82, 2.24) is 4.90 Å². The zero-order valence-corrected chi connectivity index (χ0v) is 11.6. The van der Waals surface area contributed by atoms with Gasteiger partial charge in [-0.15, -0.1) is 0 Å². The third kappa shape index (κ3) is 3.32. The minimum Gasteiger partial charge on any atom is -0.339 e. The molecule has 2 nitrogen and oxygen atoms in total. The monoisotopic (exact) mass is 233 g/mol. The maximum Gasteiger partial charge on any atom is 0.253 e. The molecular weight excluding hydrogens is 210 g/mol. The molecule has 0 saturated carbocycles. The molecule has 0 atom stereocenters. The number of amides is 1. The van der Waals surface area contributed by atoms with Crippen molar-refractivity contribution in [3.63, 3.8) is 0 Å². The van der Waals surface area contributed by atoms with Crippen molar-refractivity contribution >= 4 is 5.91 Å². The van der Waals surface area contributed by atoms with Gasteiger partial charge >= 0.3 is 0 Å². The van der Waals surface area contributed by atoms with E-state index in [1.165, 1.54) is 5.56 Å². The fraction of sp³-hybridized carbons (Fsp3) is 0.533. The van der Waals surface area contributed by atoms with Crippen LogP contribution in [0.3, 0.4) is 0 Å². The Morgan fingerprint density at radius 3 is 1.88 bits per heavy atom. The van der Waals surface area contributed by atoms with Crippen LogP contribution < -0.4 is 0 Å². The largest absolute Gasteiger partial charge is 0.339 e. The first kappa shape index (κ1) is 13.8. The van der Waals surface area contributed by atoms with Crippen molar-refractivity contribution in [3.8, 4) is 0 Å². The van der Waals surface area contributed by atoms with Gasteiger partial charge in [0.2, 0.25) is 0 Å². The third-order valence-corrected chi connectivity index (χ3v) is 3.05. The summed E-state index contributed by atoms with van der Waals surface area (Å²) in [4.78, 5) is 13.9. The Labute approximate surface area is 105 Å². The predicted molar refractivity (Wildman–Crippen MR) is 72.4 cm³/mol. The molecule has 2 heteroatoms. The molecule has 0 radical (unpaired) electrons. The minimum absolute atomic E-state index is 0.121. The standard InChI is InChI=1S/C15H23NO/c1-6-16(7-2)14(17)12-8-10-13(11-9-12)15(3,4)5/h8-11H,6-7H2,1-5H3. The van der Waals surface area contributed by atoms with Crippen LogP contribution in [0, 0.1) is 0 Å². The molecule has 0 aliphatic carbocycles. The quantitative estimate of drug-likeness (QED) is 0.783. The van der Waals surface area contributed by atoms with Crippen LogP contribution in [0.25, 0.3) is 0 Å². The predicted octanol–water partition coefficient (Wildman–Crippen LogP) is 3.47. The van der Waals surface area contributed by atoms with Gasteiger partial charge in [-0.2, -0.15) is 0 Å². The highest BCUT2D eigenvalue weighted by Gasteiger charge is 2.16. The highest BCUT2D eigenvalue weighted by Crippen LogP contribution is 2.22. The normalized spacial score (nSPS) is 11.4. The number of benzene rings is 1. The van der Waals surface area contributed by atoms with Crippen molar-refractivity contribution in [3.05, 3.63) is 35.4 Å². The Kier molecular flexibility index (Phi) is 4.33. The lowest BCUT2D eigenvalue weighted by atomic mass is 9.86. The van der Waals surface area contributed by atoms with Crippen LogP contribution in [-0.4, -0.2) is 23.9 Å². The van der Waals surface area contributed by atoms with E-state index in [1.807, 2.05) is 30.9 Å². The van der Waals surface area contributed by atoms with Crippen molar-refractivity contribution < 1.29 is 4.79 Å². The lowest BCUT2D eigenvalue weighted by Gasteiger charge is -2.21. The fourth-order valence-electron chi connectivity index (χ4n) is 1.81. The summed E-state index contributed by atoms with van der Waals surface area (Å²) in [6.45, 7) is 12.1. The van der Waals surface area contributed by atoms with Crippen molar-refractivity contribution in [1.29, 1.82) is 0 Å². The van der Waals surface area contributed by atoms with Crippen LogP contribution >= 0.6 is 0 Å². The molecule has 1 amide bonds. The summed E-state index contributed by atoms with van der Waals surface area (Å²) in [5, 5.41) is 0. The van der Waals surface area contributed by atoms with E-state index in [4.69, 9.17) is 0 Å². The number of rotatable bonds is 3. The first-order valence-electron chi connectivity index (χ1n) is 6.30. The zero-order valence-electron chi connectivity index (χ0n) is 11.6. The van der Waals surface area contributed by atoms with Gasteiger partial charge in [0.1, 0.15) is 0 Å². The Morgan fingerprint density at radius 2 is 1.53 bits per heavy atom. The number of hydrogen-bond acceptors (Lipinski definition) is 1. The molecule has 0 bridgehead atoms. The second-order valence-electron chi connectivity index (χ2n) is 5.30. The molecule has 0 fully saturated rings. The van der Waals surface area contributed by atoms with Crippen LogP contribution in [0.1, 0.15) is 50.5 Å². The van der Waals surface area contributed by atoms with E-state index >= 15 is 0 Å². The number of nitrogens with zero attached hydrogens (tertiary/aromatic N) is 1. The molecule has 0 N–H and O–H groups in total. The molecule has 0 heterocycles. The molecule has 1 aromatic rings. The fourth-order valence-corrected chi connectivity index (χ4v) is 1.81. The van der Waals surface area contributed by atoms with Gasteiger partial charge < -0.3 is 4.90 Å². The van der Waals surface area contributed by atoms with E-state index in [1.54, 1.807) is 0 Å². The highest BCUT2D eigenvalue weighted by molar-refractivity contribution is 5.94. The average molecular weight is 233 g/mol. The molecule has 1 rings (SSSR count). The van der Waals surface area contributed by atoms with Gasteiger partial charge in [-0.1, -0.05) is 32.9 Å². The topological polar surface area (TPSA) is 20.3 Å². The molecular formula is C15H23NO. The minimum atomic E-state index is 0.121. The van der Waals surface area contributed by atoms with Crippen molar-refractivity contribution in [2.45, 2.75) is 40.0 Å². The molecule has 0 spiro atoms. The third-order valence-electron chi connectivity index (χ3n) is 3.05. The van der Waals surface area contributed by atoms with E-state index in [2.05, 4.69) is 32.9 Å². The van der Waals surface area contributed by atoms with E-state index in [0.29, 0.717) is 0 Å². The summed E-state index contributed by atoms with van der Waals surface area (Å²) >= 11 is 0. The van der Waals surface area contributed by atoms with E-state index in [-0.39, 0.29) is 11.3 Å². The summed E-state index contributed by atoms with van der Waals surface area (Å²) in [5.74, 6) is 0.121. The van der Waals surface area contributed by atoms with Crippen molar-refractivity contribution in [2.75, 3.05) is 13.1 Å². The molecule has 0 aromatic heterocycles. The Morgan fingerprint density at radius 1 is 1.06 bits per heavy atom. The first-order chi connectivity index (χ1) is 7.90. The first-order valence-corrected chi connectivity index (χ1v) is 6.30.